The molecule has 88 valence electrons. The van der Waals surface area contributed by atoms with E-state index in [-0.39, 0.29) is 11.8 Å². The molecule has 0 spiro atoms. The van der Waals surface area contributed by atoms with Crippen molar-refractivity contribution in [3.05, 3.63) is 0 Å². The van der Waals surface area contributed by atoms with Crippen molar-refractivity contribution in [1.29, 1.82) is 5.26 Å². The van der Waals surface area contributed by atoms with Gasteiger partial charge in [0.15, 0.2) is 0 Å². The minimum Gasteiger partial charge on any atom is -0.354 e. The van der Waals surface area contributed by atoms with Crippen LogP contribution in [-0.2, 0) is 9.59 Å². The van der Waals surface area contributed by atoms with E-state index in [4.69, 9.17) is 5.26 Å². The predicted molar refractivity (Wildman–Crippen MR) is 58.2 cm³/mol. The number of nitrogens with one attached hydrogen (secondary N) is 1. The molecule has 1 aliphatic rings. The summed E-state index contributed by atoms with van der Waals surface area (Å²) in [6, 6.07) is 1.85. The van der Waals surface area contributed by atoms with Gasteiger partial charge in [0.05, 0.1) is 6.07 Å². The predicted octanol–water partition coefficient (Wildman–Crippen LogP) is 0.275. The molecule has 1 fully saturated rings. The zero-order valence-electron chi connectivity index (χ0n) is 9.53. The highest BCUT2D eigenvalue weighted by atomic mass is 16.2. The van der Waals surface area contributed by atoms with Crippen LogP contribution in [-0.4, -0.2) is 36.3 Å². The number of carbonyl (C=O) groups excluding carboxylic acids is 2. The molecule has 1 rings (SSSR count). The first kappa shape index (κ1) is 12.5. The van der Waals surface area contributed by atoms with Crippen molar-refractivity contribution < 1.29 is 9.59 Å². The van der Waals surface area contributed by atoms with Crippen molar-refractivity contribution in [2.75, 3.05) is 19.6 Å². The molecule has 0 aromatic rings. The summed E-state index contributed by atoms with van der Waals surface area (Å²) in [6.45, 7) is 3.53. The van der Waals surface area contributed by atoms with Gasteiger partial charge >= 0.3 is 0 Å². The summed E-state index contributed by atoms with van der Waals surface area (Å²) in [6.07, 6.45) is 2.47. The average molecular weight is 223 g/mol. The van der Waals surface area contributed by atoms with Gasteiger partial charge in [-0.1, -0.05) is 0 Å². The lowest BCUT2D eigenvalue weighted by Gasteiger charge is -2.15. The Bertz CT molecular complexity index is 303. The quantitative estimate of drug-likeness (QED) is 0.743. The molecule has 1 N–H and O–H groups in total. The molecule has 0 aromatic heterocycles. The first-order valence-electron chi connectivity index (χ1n) is 5.60. The van der Waals surface area contributed by atoms with E-state index in [2.05, 4.69) is 5.32 Å². The van der Waals surface area contributed by atoms with E-state index in [1.807, 2.05) is 11.0 Å². The van der Waals surface area contributed by atoms with Crippen molar-refractivity contribution in [3.8, 4) is 6.07 Å². The molecule has 5 heteroatoms. The number of likely N-dealkylation sites (tertiary alicyclic amines) is 1. The molecule has 0 aliphatic carbocycles. The number of amides is 2. The van der Waals surface area contributed by atoms with Gasteiger partial charge < -0.3 is 10.2 Å². The topological polar surface area (TPSA) is 73.2 Å². The van der Waals surface area contributed by atoms with E-state index in [0.717, 1.165) is 25.9 Å². The highest BCUT2D eigenvalue weighted by Crippen LogP contribution is 2.08. The van der Waals surface area contributed by atoms with Crippen LogP contribution in [0.25, 0.3) is 0 Å². The zero-order chi connectivity index (χ0) is 12.0. The number of rotatable bonds is 4. The Morgan fingerprint density at radius 1 is 1.44 bits per heavy atom. The van der Waals surface area contributed by atoms with E-state index in [0.29, 0.717) is 13.0 Å². The Balaban J connectivity index is 2.18. The van der Waals surface area contributed by atoms with Crippen molar-refractivity contribution in [2.45, 2.75) is 26.2 Å². The fraction of sp³-hybridized carbons (Fsp3) is 0.727. The number of hydrogen-bond donors (Lipinski definition) is 1. The minimum absolute atomic E-state index is 0.0856. The molecule has 0 bridgehead atoms. The van der Waals surface area contributed by atoms with Gasteiger partial charge in [0.1, 0.15) is 5.92 Å². The second-order valence-electron chi connectivity index (χ2n) is 3.98. The lowest BCUT2D eigenvalue weighted by Crippen LogP contribution is -2.34. The molecule has 0 saturated carbocycles. The van der Waals surface area contributed by atoms with E-state index in [1.165, 1.54) is 6.92 Å². The first-order chi connectivity index (χ1) is 7.65. The van der Waals surface area contributed by atoms with Crippen molar-refractivity contribution in [3.63, 3.8) is 0 Å². The van der Waals surface area contributed by atoms with Crippen LogP contribution in [0.1, 0.15) is 26.2 Å². The summed E-state index contributed by atoms with van der Waals surface area (Å²) in [7, 11) is 0. The van der Waals surface area contributed by atoms with E-state index in [1.54, 1.807) is 0 Å². The average Bonchev–Trinajstić information content (AvgIpc) is 2.81. The highest BCUT2D eigenvalue weighted by molar-refractivity contribution is 5.82. The number of nitrogens with zero attached hydrogens (tertiary/aromatic N) is 2. The maximum absolute atomic E-state index is 11.6. The minimum atomic E-state index is -0.651. The van der Waals surface area contributed by atoms with Crippen LogP contribution in [0.4, 0.5) is 0 Å². The Morgan fingerprint density at radius 3 is 2.62 bits per heavy atom. The number of nitriles is 1. The molecular formula is C11H17N3O2. The smallest absolute Gasteiger partial charge is 0.237 e. The van der Waals surface area contributed by atoms with Crippen LogP contribution < -0.4 is 5.32 Å². The monoisotopic (exact) mass is 223 g/mol. The van der Waals surface area contributed by atoms with Crippen LogP contribution in [0.3, 0.4) is 0 Å². The molecule has 1 atom stereocenters. The van der Waals surface area contributed by atoms with Gasteiger partial charge in [-0.3, -0.25) is 9.59 Å². The summed E-state index contributed by atoms with van der Waals surface area (Å²) >= 11 is 0. The van der Waals surface area contributed by atoms with Gasteiger partial charge in [0, 0.05) is 26.1 Å². The lowest BCUT2D eigenvalue weighted by atomic mass is 10.2. The van der Waals surface area contributed by atoms with Gasteiger partial charge in [-0.05, 0) is 19.8 Å². The summed E-state index contributed by atoms with van der Waals surface area (Å²) in [5.74, 6) is -0.874. The molecule has 1 aliphatic heterocycles. The normalized spacial score (nSPS) is 16.6. The molecule has 1 saturated heterocycles. The zero-order valence-corrected chi connectivity index (χ0v) is 9.53. The summed E-state index contributed by atoms with van der Waals surface area (Å²) < 4.78 is 0. The molecule has 0 aromatic carbocycles. The summed E-state index contributed by atoms with van der Waals surface area (Å²) in [5.41, 5.74) is 0. The van der Waals surface area contributed by atoms with Gasteiger partial charge in [-0.2, -0.15) is 5.26 Å². The maximum atomic E-state index is 11.6. The van der Waals surface area contributed by atoms with Gasteiger partial charge in [-0.15, -0.1) is 0 Å². The van der Waals surface area contributed by atoms with Crippen LogP contribution in [0, 0.1) is 17.2 Å². The Labute approximate surface area is 95.4 Å². The van der Waals surface area contributed by atoms with Crippen LogP contribution in [0.15, 0.2) is 0 Å². The second-order valence-corrected chi connectivity index (χ2v) is 3.98. The van der Waals surface area contributed by atoms with Gasteiger partial charge in [-0.25, -0.2) is 0 Å². The third-order valence-corrected chi connectivity index (χ3v) is 2.68. The summed E-state index contributed by atoms with van der Waals surface area (Å²) in [4.78, 5) is 24.6. The van der Waals surface area contributed by atoms with E-state index in [9.17, 15) is 9.59 Å². The fourth-order valence-electron chi connectivity index (χ4n) is 1.63. The van der Waals surface area contributed by atoms with Crippen molar-refractivity contribution >= 4 is 11.8 Å². The van der Waals surface area contributed by atoms with Crippen LogP contribution in [0.5, 0.6) is 0 Å². The lowest BCUT2D eigenvalue weighted by molar-refractivity contribution is -0.130. The molecule has 0 radical (unpaired) electrons. The largest absolute Gasteiger partial charge is 0.354 e. The van der Waals surface area contributed by atoms with E-state index < -0.39 is 5.92 Å². The highest BCUT2D eigenvalue weighted by Gasteiger charge is 2.18. The third kappa shape index (κ3) is 3.54. The Kier molecular flexibility index (Phi) is 4.77. The molecule has 16 heavy (non-hydrogen) atoms. The molecule has 1 unspecified atom stereocenters. The van der Waals surface area contributed by atoms with Crippen LogP contribution in [0.2, 0.25) is 0 Å². The number of hydrogen-bond acceptors (Lipinski definition) is 3. The Morgan fingerprint density at radius 2 is 2.06 bits per heavy atom. The summed E-state index contributed by atoms with van der Waals surface area (Å²) in [5, 5.41) is 11.1. The standard InChI is InChI=1S/C11H17N3O2/c1-9(8-12)11(16)13-5-4-10(15)14-6-2-3-7-14/h9H,2-7H2,1H3,(H,13,16). The SMILES string of the molecule is CC(C#N)C(=O)NCCC(=O)N1CCCC1. The molecule has 2 amide bonds. The third-order valence-electron chi connectivity index (χ3n) is 2.68. The molecule has 1 heterocycles. The second kappa shape index (κ2) is 6.11. The van der Waals surface area contributed by atoms with Crippen molar-refractivity contribution in [2.24, 2.45) is 5.92 Å². The maximum Gasteiger partial charge on any atom is 0.237 e. The first-order valence-corrected chi connectivity index (χ1v) is 5.60. The van der Waals surface area contributed by atoms with Crippen molar-refractivity contribution in [1.82, 2.24) is 10.2 Å². The van der Waals surface area contributed by atoms with Gasteiger partial charge in [0.25, 0.3) is 0 Å². The Hall–Kier alpha value is -1.57. The van der Waals surface area contributed by atoms with Gasteiger partial charge in [0.2, 0.25) is 11.8 Å². The molecule has 5 nitrogen and oxygen atoms in total. The molecular weight excluding hydrogens is 206 g/mol. The van der Waals surface area contributed by atoms with E-state index >= 15 is 0 Å². The van der Waals surface area contributed by atoms with Crippen LogP contribution >= 0.6 is 0 Å². The number of carbonyl (C=O) groups is 2. The fourth-order valence-corrected chi connectivity index (χ4v) is 1.63.